The van der Waals surface area contributed by atoms with E-state index in [0.29, 0.717) is 36.6 Å². The first-order valence-electron chi connectivity index (χ1n) is 8.38. The van der Waals surface area contributed by atoms with Gasteiger partial charge in [0.1, 0.15) is 6.10 Å². The minimum atomic E-state index is -3.72. The molecule has 27 heavy (non-hydrogen) atoms. The van der Waals surface area contributed by atoms with Gasteiger partial charge in [-0.25, -0.2) is 18.1 Å². The van der Waals surface area contributed by atoms with Gasteiger partial charge in [-0.2, -0.15) is 0 Å². The number of nitrogens with zero attached hydrogens (tertiary/aromatic N) is 2. The molecule has 1 aromatic heterocycles. The average molecular weight is 412 g/mol. The normalized spacial score (nSPS) is 20.2. The van der Waals surface area contributed by atoms with Crippen LogP contribution < -0.4 is 9.46 Å². The van der Waals surface area contributed by atoms with Gasteiger partial charge in [-0.1, -0.05) is 11.6 Å². The number of nitro groups is 1. The Morgan fingerprint density at radius 3 is 2.33 bits per heavy atom. The van der Waals surface area contributed by atoms with Crippen molar-refractivity contribution < 1.29 is 18.1 Å². The van der Waals surface area contributed by atoms with Crippen molar-refractivity contribution in [1.82, 2.24) is 9.71 Å². The molecule has 8 nitrogen and oxygen atoms in total. The summed E-state index contributed by atoms with van der Waals surface area (Å²) in [6.45, 7) is 0. The number of benzene rings is 1. The number of sulfonamides is 1. The lowest BCUT2D eigenvalue weighted by molar-refractivity contribution is -0.384. The van der Waals surface area contributed by atoms with Crippen molar-refractivity contribution >= 4 is 27.3 Å². The summed E-state index contributed by atoms with van der Waals surface area (Å²) in [5.74, 6) is 0.495. The Bertz CT molecular complexity index is 895. The molecule has 1 fully saturated rings. The van der Waals surface area contributed by atoms with Crippen LogP contribution in [0.5, 0.6) is 5.88 Å². The maximum atomic E-state index is 12.5. The Hall–Kier alpha value is -2.23. The second kappa shape index (κ2) is 8.20. The number of nitro benzene ring substituents is 1. The van der Waals surface area contributed by atoms with Crippen molar-refractivity contribution in [2.45, 2.75) is 42.7 Å². The van der Waals surface area contributed by atoms with E-state index < -0.39 is 14.9 Å². The molecule has 1 aliphatic carbocycles. The molecule has 2 aromatic rings. The van der Waals surface area contributed by atoms with Crippen LogP contribution in [0.15, 0.2) is 47.5 Å². The Kier molecular flexibility index (Phi) is 5.93. The largest absolute Gasteiger partial charge is 0.474 e. The summed E-state index contributed by atoms with van der Waals surface area (Å²) in [7, 11) is -3.72. The third-order valence-electron chi connectivity index (χ3n) is 4.34. The van der Waals surface area contributed by atoms with E-state index in [1.165, 1.54) is 30.5 Å². The highest BCUT2D eigenvalue weighted by Crippen LogP contribution is 2.25. The maximum absolute atomic E-state index is 12.5. The highest BCUT2D eigenvalue weighted by molar-refractivity contribution is 7.89. The van der Waals surface area contributed by atoms with Gasteiger partial charge in [0.25, 0.3) is 5.69 Å². The van der Waals surface area contributed by atoms with Crippen LogP contribution in [0, 0.1) is 10.1 Å². The van der Waals surface area contributed by atoms with Gasteiger partial charge in [-0.05, 0) is 43.9 Å². The molecular weight excluding hydrogens is 394 g/mol. The standard InChI is InChI=1S/C17H18ClN3O5S/c18-12-1-10-17(19-11-12)26-15-6-2-13(3-7-15)20-27(24,25)16-8-4-14(5-9-16)21(22)23/h1,4-5,8-11,13,15,20H,2-3,6-7H2. The number of non-ortho nitro benzene ring substituents is 1. The van der Waals surface area contributed by atoms with Crippen molar-refractivity contribution in [2.24, 2.45) is 0 Å². The number of hydrogen-bond acceptors (Lipinski definition) is 6. The number of halogens is 1. The second-order valence-corrected chi connectivity index (χ2v) is 8.43. The molecule has 0 saturated heterocycles. The van der Waals surface area contributed by atoms with E-state index in [9.17, 15) is 18.5 Å². The van der Waals surface area contributed by atoms with Crippen LogP contribution in [0.2, 0.25) is 5.02 Å². The summed E-state index contributed by atoms with van der Waals surface area (Å²) in [4.78, 5) is 14.2. The van der Waals surface area contributed by atoms with E-state index in [1.807, 2.05) is 0 Å². The number of nitrogens with one attached hydrogen (secondary N) is 1. The summed E-state index contributed by atoms with van der Waals surface area (Å²) in [5.41, 5.74) is -0.151. The van der Waals surface area contributed by atoms with E-state index >= 15 is 0 Å². The van der Waals surface area contributed by atoms with Crippen LogP contribution in [0.1, 0.15) is 25.7 Å². The van der Waals surface area contributed by atoms with Gasteiger partial charge in [0.2, 0.25) is 15.9 Å². The average Bonchev–Trinajstić information content (AvgIpc) is 2.65. The third-order valence-corrected chi connectivity index (χ3v) is 6.10. The van der Waals surface area contributed by atoms with Crippen molar-refractivity contribution in [2.75, 3.05) is 0 Å². The molecule has 0 spiro atoms. The highest BCUT2D eigenvalue weighted by atomic mass is 35.5. The SMILES string of the molecule is O=[N+]([O-])c1ccc(S(=O)(=O)NC2CCC(Oc3ccc(Cl)cn3)CC2)cc1. The number of aromatic nitrogens is 1. The zero-order chi connectivity index (χ0) is 19.4. The zero-order valence-corrected chi connectivity index (χ0v) is 15.8. The molecule has 1 N–H and O–H groups in total. The lowest BCUT2D eigenvalue weighted by Gasteiger charge is -2.29. The summed E-state index contributed by atoms with van der Waals surface area (Å²) in [6.07, 6.45) is 4.13. The molecular formula is C17H18ClN3O5S. The van der Waals surface area contributed by atoms with E-state index in [0.717, 1.165) is 0 Å². The molecule has 144 valence electrons. The smallest absolute Gasteiger partial charge is 0.269 e. The van der Waals surface area contributed by atoms with Crippen molar-refractivity contribution in [3.05, 3.63) is 57.7 Å². The van der Waals surface area contributed by atoms with E-state index in [2.05, 4.69) is 9.71 Å². The van der Waals surface area contributed by atoms with E-state index in [1.54, 1.807) is 12.1 Å². The van der Waals surface area contributed by atoms with Gasteiger partial charge in [0.15, 0.2) is 0 Å². The second-order valence-electron chi connectivity index (χ2n) is 6.28. The minimum absolute atomic E-state index is 0.0110. The fourth-order valence-electron chi connectivity index (χ4n) is 2.94. The van der Waals surface area contributed by atoms with Crippen LogP contribution in [0.25, 0.3) is 0 Å². The number of pyridine rings is 1. The Morgan fingerprint density at radius 2 is 1.78 bits per heavy atom. The molecule has 0 aliphatic heterocycles. The summed E-state index contributed by atoms with van der Waals surface area (Å²) >= 11 is 5.79. The van der Waals surface area contributed by atoms with Crippen molar-refractivity contribution in [1.29, 1.82) is 0 Å². The van der Waals surface area contributed by atoms with Gasteiger partial charge in [-0.3, -0.25) is 10.1 Å². The van der Waals surface area contributed by atoms with Gasteiger partial charge >= 0.3 is 0 Å². The lowest BCUT2D eigenvalue weighted by Crippen LogP contribution is -2.39. The molecule has 3 rings (SSSR count). The van der Waals surface area contributed by atoms with Gasteiger partial charge in [-0.15, -0.1) is 0 Å². The molecule has 1 aliphatic rings. The number of rotatable bonds is 6. The first kappa shape index (κ1) is 19.5. The van der Waals surface area contributed by atoms with Gasteiger partial charge in [0.05, 0.1) is 14.8 Å². The van der Waals surface area contributed by atoms with E-state index in [4.69, 9.17) is 16.3 Å². The van der Waals surface area contributed by atoms with Gasteiger partial charge < -0.3 is 4.74 Å². The summed E-state index contributed by atoms with van der Waals surface area (Å²) in [5, 5.41) is 11.2. The fourth-order valence-corrected chi connectivity index (χ4v) is 4.35. The summed E-state index contributed by atoms with van der Waals surface area (Å²) in [6, 6.07) is 8.03. The number of hydrogen-bond donors (Lipinski definition) is 1. The van der Waals surface area contributed by atoms with Gasteiger partial charge in [0, 0.05) is 30.4 Å². The molecule has 1 saturated carbocycles. The van der Waals surface area contributed by atoms with E-state index in [-0.39, 0.29) is 22.7 Å². The monoisotopic (exact) mass is 411 g/mol. The van der Waals surface area contributed by atoms with Crippen LogP contribution >= 0.6 is 11.6 Å². The quantitative estimate of drug-likeness (QED) is 0.576. The predicted octanol–water partition coefficient (Wildman–Crippen LogP) is 3.31. The topological polar surface area (TPSA) is 111 Å². The first-order chi connectivity index (χ1) is 12.8. The zero-order valence-electron chi connectivity index (χ0n) is 14.2. The number of ether oxygens (including phenoxy) is 1. The van der Waals surface area contributed by atoms with Crippen LogP contribution in [0.4, 0.5) is 5.69 Å². The highest BCUT2D eigenvalue weighted by Gasteiger charge is 2.27. The van der Waals surface area contributed by atoms with Crippen LogP contribution in [-0.2, 0) is 10.0 Å². The maximum Gasteiger partial charge on any atom is 0.269 e. The molecule has 1 aromatic carbocycles. The third kappa shape index (κ3) is 5.15. The molecule has 10 heteroatoms. The lowest BCUT2D eigenvalue weighted by atomic mass is 9.94. The molecule has 0 bridgehead atoms. The first-order valence-corrected chi connectivity index (χ1v) is 10.2. The predicted molar refractivity (Wildman–Crippen MR) is 99.3 cm³/mol. The van der Waals surface area contributed by atoms with Crippen molar-refractivity contribution in [3.8, 4) is 5.88 Å². The Morgan fingerprint density at radius 1 is 1.11 bits per heavy atom. The minimum Gasteiger partial charge on any atom is -0.474 e. The van der Waals surface area contributed by atoms with Crippen LogP contribution in [0.3, 0.4) is 0 Å². The molecule has 0 amide bonds. The molecule has 0 radical (unpaired) electrons. The molecule has 1 heterocycles. The Balaban J connectivity index is 1.54. The molecule has 0 atom stereocenters. The van der Waals surface area contributed by atoms with Crippen molar-refractivity contribution in [3.63, 3.8) is 0 Å². The van der Waals surface area contributed by atoms with Crippen LogP contribution in [-0.4, -0.2) is 30.5 Å². The molecule has 0 unspecified atom stereocenters. The Labute approximate surface area is 161 Å². The summed E-state index contributed by atoms with van der Waals surface area (Å²) < 4.78 is 33.4. The fraction of sp³-hybridized carbons (Fsp3) is 0.353.